The van der Waals surface area contributed by atoms with E-state index in [1.165, 1.54) is 18.2 Å². The Balaban J connectivity index is 2.48. The van der Waals surface area contributed by atoms with Crippen molar-refractivity contribution in [1.29, 1.82) is 5.41 Å². The van der Waals surface area contributed by atoms with Gasteiger partial charge in [-0.25, -0.2) is 0 Å². The van der Waals surface area contributed by atoms with Gasteiger partial charge < -0.3 is 10.5 Å². The van der Waals surface area contributed by atoms with Crippen LogP contribution >= 0.6 is 27.5 Å². The van der Waals surface area contributed by atoms with Gasteiger partial charge in [-0.2, -0.15) is 0 Å². The Morgan fingerprint density at radius 3 is 2.57 bits per heavy atom. The molecule has 8 heteroatoms. The number of nitrogen functional groups attached to an aromatic ring is 1. The molecule has 0 aromatic heterocycles. The van der Waals surface area contributed by atoms with Crippen LogP contribution in [0.15, 0.2) is 40.9 Å². The number of rotatable bonds is 4. The minimum atomic E-state index is -0.590. The van der Waals surface area contributed by atoms with Gasteiger partial charge in [-0.15, -0.1) is 0 Å². The molecule has 0 aliphatic rings. The lowest BCUT2D eigenvalue weighted by atomic mass is 10.2. The second-order valence-electron chi connectivity index (χ2n) is 4.03. The van der Waals surface area contributed by atoms with Crippen molar-refractivity contribution in [1.82, 2.24) is 0 Å². The molecule has 2 aromatic rings. The Kier molecular flexibility index (Phi) is 4.44. The Labute approximate surface area is 133 Å². The van der Waals surface area contributed by atoms with Gasteiger partial charge in [0, 0.05) is 15.6 Å². The van der Waals surface area contributed by atoms with Crippen molar-refractivity contribution in [2.24, 2.45) is 5.73 Å². The molecule has 2 aromatic carbocycles. The topological polar surface area (TPSA) is 102 Å². The summed E-state index contributed by atoms with van der Waals surface area (Å²) in [5.74, 6) is 0.0632. The van der Waals surface area contributed by atoms with Gasteiger partial charge in [0.05, 0.1) is 10.5 Å². The highest BCUT2D eigenvalue weighted by Crippen LogP contribution is 2.35. The van der Waals surface area contributed by atoms with E-state index in [9.17, 15) is 10.1 Å². The molecule has 21 heavy (non-hydrogen) atoms. The molecule has 0 bridgehead atoms. The highest BCUT2D eigenvalue weighted by molar-refractivity contribution is 9.10. The van der Waals surface area contributed by atoms with E-state index in [1.54, 1.807) is 18.2 Å². The summed E-state index contributed by atoms with van der Waals surface area (Å²) in [6, 6.07) is 8.92. The minimum absolute atomic E-state index is 0.0224. The van der Waals surface area contributed by atoms with Crippen LogP contribution in [0.5, 0.6) is 11.5 Å². The number of nitro groups is 1. The van der Waals surface area contributed by atoms with Gasteiger partial charge in [-0.1, -0.05) is 27.5 Å². The monoisotopic (exact) mass is 369 g/mol. The van der Waals surface area contributed by atoms with Crippen LogP contribution < -0.4 is 10.5 Å². The largest absolute Gasteiger partial charge is 0.449 e. The van der Waals surface area contributed by atoms with E-state index in [2.05, 4.69) is 15.9 Å². The minimum Gasteiger partial charge on any atom is -0.449 e. The van der Waals surface area contributed by atoms with Crippen molar-refractivity contribution in [2.75, 3.05) is 0 Å². The third kappa shape index (κ3) is 3.50. The predicted molar refractivity (Wildman–Crippen MR) is 83.3 cm³/mol. The summed E-state index contributed by atoms with van der Waals surface area (Å²) in [6.07, 6.45) is 0. The smallest absolute Gasteiger partial charge is 0.313 e. The van der Waals surface area contributed by atoms with Crippen molar-refractivity contribution in [3.8, 4) is 11.5 Å². The summed E-state index contributed by atoms with van der Waals surface area (Å²) in [5, 5.41) is 18.8. The average Bonchev–Trinajstić information content (AvgIpc) is 2.42. The molecular weight excluding hydrogens is 362 g/mol. The Hall–Kier alpha value is -2.12. The Morgan fingerprint density at radius 2 is 1.95 bits per heavy atom. The lowest BCUT2D eigenvalue weighted by molar-refractivity contribution is -0.385. The van der Waals surface area contributed by atoms with E-state index in [0.717, 1.165) is 0 Å². The standard InChI is InChI=1S/C13H9BrClN3O3/c14-7-1-3-11(9(5-7)13(16)17)21-12-4-2-8(15)6-10(12)18(19)20/h1-6H,(H3,16,17). The third-order valence-corrected chi connectivity index (χ3v) is 3.30. The van der Waals surface area contributed by atoms with Crippen LogP contribution in [-0.4, -0.2) is 10.8 Å². The number of nitrogens with one attached hydrogen (secondary N) is 1. The first kappa shape index (κ1) is 15.3. The van der Waals surface area contributed by atoms with Crippen molar-refractivity contribution < 1.29 is 9.66 Å². The van der Waals surface area contributed by atoms with Crippen molar-refractivity contribution in [3.63, 3.8) is 0 Å². The highest BCUT2D eigenvalue weighted by atomic mass is 79.9. The summed E-state index contributed by atoms with van der Waals surface area (Å²) in [5.41, 5.74) is 5.55. The molecule has 108 valence electrons. The quantitative estimate of drug-likeness (QED) is 0.366. The zero-order valence-corrected chi connectivity index (χ0v) is 12.8. The highest BCUT2D eigenvalue weighted by Gasteiger charge is 2.18. The predicted octanol–water partition coefficient (Wildman–Crippen LogP) is 4.09. The zero-order valence-electron chi connectivity index (χ0n) is 10.5. The number of halogens is 2. The lowest BCUT2D eigenvalue weighted by Gasteiger charge is -2.11. The van der Waals surface area contributed by atoms with E-state index >= 15 is 0 Å². The van der Waals surface area contributed by atoms with Crippen LogP contribution in [0, 0.1) is 15.5 Å². The molecule has 0 unspecified atom stereocenters. The molecule has 0 heterocycles. The van der Waals surface area contributed by atoms with Crippen LogP contribution in [0.1, 0.15) is 5.56 Å². The summed E-state index contributed by atoms with van der Waals surface area (Å²) < 4.78 is 6.24. The van der Waals surface area contributed by atoms with Crippen molar-refractivity contribution in [2.45, 2.75) is 0 Å². The van der Waals surface area contributed by atoms with Gasteiger partial charge >= 0.3 is 5.69 Å². The van der Waals surface area contributed by atoms with Gasteiger partial charge in [0.15, 0.2) is 0 Å². The van der Waals surface area contributed by atoms with Gasteiger partial charge in [0.25, 0.3) is 0 Å². The maximum absolute atomic E-state index is 11.0. The number of nitrogens with zero attached hydrogens (tertiary/aromatic N) is 1. The summed E-state index contributed by atoms with van der Waals surface area (Å²) >= 11 is 9.01. The maximum Gasteiger partial charge on any atom is 0.313 e. The second kappa shape index (κ2) is 6.11. The van der Waals surface area contributed by atoms with Gasteiger partial charge in [0.1, 0.15) is 11.6 Å². The molecule has 2 rings (SSSR count). The van der Waals surface area contributed by atoms with Gasteiger partial charge in [0.2, 0.25) is 5.75 Å². The van der Waals surface area contributed by atoms with E-state index in [1.807, 2.05) is 0 Å². The van der Waals surface area contributed by atoms with E-state index in [0.29, 0.717) is 10.0 Å². The molecule has 0 saturated heterocycles. The average molecular weight is 371 g/mol. The first-order valence-electron chi connectivity index (χ1n) is 5.64. The summed E-state index contributed by atoms with van der Waals surface area (Å²) in [7, 11) is 0. The van der Waals surface area contributed by atoms with Gasteiger partial charge in [-0.3, -0.25) is 15.5 Å². The van der Waals surface area contributed by atoms with Crippen LogP contribution in [-0.2, 0) is 0 Å². The molecule has 0 aliphatic carbocycles. The lowest BCUT2D eigenvalue weighted by Crippen LogP contribution is -2.12. The summed E-state index contributed by atoms with van der Waals surface area (Å²) in [6.45, 7) is 0. The number of benzene rings is 2. The third-order valence-electron chi connectivity index (χ3n) is 2.57. The van der Waals surface area contributed by atoms with E-state index in [4.69, 9.17) is 27.5 Å². The van der Waals surface area contributed by atoms with Crippen LogP contribution in [0.4, 0.5) is 5.69 Å². The number of nitrogens with two attached hydrogens (primary N) is 1. The molecule has 6 nitrogen and oxygen atoms in total. The van der Waals surface area contributed by atoms with Crippen LogP contribution in [0.3, 0.4) is 0 Å². The van der Waals surface area contributed by atoms with Gasteiger partial charge in [-0.05, 0) is 30.3 Å². The second-order valence-corrected chi connectivity index (χ2v) is 5.38. The first-order chi connectivity index (χ1) is 9.88. The maximum atomic E-state index is 11.0. The first-order valence-corrected chi connectivity index (χ1v) is 6.81. The fourth-order valence-electron chi connectivity index (χ4n) is 1.64. The molecule has 0 amide bonds. The fourth-order valence-corrected chi connectivity index (χ4v) is 2.17. The molecule has 0 atom stereocenters. The molecule has 3 N–H and O–H groups in total. The number of hydrogen-bond acceptors (Lipinski definition) is 4. The SMILES string of the molecule is N=C(N)c1cc(Br)ccc1Oc1ccc(Cl)cc1[N+](=O)[O-]. The Morgan fingerprint density at radius 1 is 1.29 bits per heavy atom. The van der Waals surface area contributed by atoms with E-state index in [-0.39, 0.29) is 28.0 Å². The summed E-state index contributed by atoms with van der Waals surface area (Å²) in [4.78, 5) is 10.4. The van der Waals surface area contributed by atoms with E-state index < -0.39 is 4.92 Å². The van der Waals surface area contributed by atoms with Crippen LogP contribution in [0.2, 0.25) is 5.02 Å². The molecule has 0 aliphatic heterocycles. The normalized spacial score (nSPS) is 10.2. The zero-order chi connectivity index (χ0) is 15.6. The molecular formula is C13H9BrClN3O3. The fraction of sp³-hybridized carbons (Fsp3) is 0. The molecule has 0 spiro atoms. The molecule has 0 radical (unpaired) electrons. The Bertz CT molecular complexity index is 675. The molecule has 0 saturated carbocycles. The number of ether oxygens (including phenoxy) is 1. The number of hydrogen-bond donors (Lipinski definition) is 2. The van der Waals surface area contributed by atoms with Crippen molar-refractivity contribution in [3.05, 3.63) is 61.6 Å². The number of amidine groups is 1. The van der Waals surface area contributed by atoms with Crippen molar-refractivity contribution >= 4 is 39.1 Å². The number of nitro benzene ring substituents is 1. The van der Waals surface area contributed by atoms with Crippen LogP contribution in [0.25, 0.3) is 0 Å². The molecule has 0 fully saturated rings.